The van der Waals surface area contributed by atoms with Gasteiger partial charge in [0, 0.05) is 6.04 Å². The van der Waals surface area contributed by atoms with Gasteiger partial charge in [0.25, 0.3) is 0 Å². The quantitative estimate of drug-likeness (QED) is 0.678. The summed E-state index contributed by atoms with van der Waals surface area (Å²) in [6, 6.07) is 0.407. The number of nitrogens with one attached hydrogen (secondary N) is 1. The number of halogens is 3. The Morgan fingerprint density at radius 1 is 1.35 bits per heavy atom. The van der Waals surface area contributed by atoms with Crippen molar-refractivity contribution in [1.29, 1.82) is 0 Å². The number of anilines is 1. The molecular formula is C12H16F3N3O2. The van der Waals surface area contributed by atoms with Gasteiger partial charge in [0.05, 0.1) is 4.92 Å². The summed E-state index contributed by atoms with van der Waals surface area (Å²) in [6.07, 6.45) is -4.02. The van der Waals surface area contributed by atoms with E-state index in [1.54, 1.807) is 6.92 Å². The van der Waals surface area contributed by atoms with E-state index >= 15 is 0 Å². The van der Waals surface area contributed by atoms with Gasteiger partial charge in [-0.15, -0.1) is 0 Å². The van der Waals surface area contributed by atoms with Crippen LogP contribution in [0.4, 0.5) is 24.5 Å². The number of pyridine rings is 1. The van der Waals surface area contributed by atoms with Gasteiger partial charge in [-0.25, -0.2) is 4.98 Å². The van der Waals surface area contributed by atoms with Crippen LogP contribution in [0.1, 0.15) is 33.4 Å². The molecule has 0 spiro atoms. The van der Waals surface area contributed by atoms with Crippen molar-refractivity contribution in [3.63, 3.8) is 0 Å². The van der Waals surface area contributed by atoms with Crippen LogP contribution in [0.5, 0.6) is 0 Å². The molecule has 0 aliphatic carbocycles. The molecule has 0 aliphatic rings. The van der Waals surface area contributed by atoms with Crippen molar-refractivity contribution in [2.24, 2.45) is 5.41 Å². The van der Waals surface area contributed by atoms with Crippen molar-refractivity contribution >= 4 is 11.4 Å². The molecule has 0 saturated carbocycles. The number of nitrogens with zero attached hydrogens (tertiary/aromatic N) is 2. The van der Waals surface area contributed by atoms with Crippen LogP contribution >= 0.6 is 0 Å². The molecule has 0 bridgehead atoms. The van der Waals surface area contributed by atoms with Crippen LogP contribution < -0.4 is 5.32 Å². The fourth-order valence-electron chi connectivity index (χ4n) is 1.31. The lowest BCUT2D eigenvalue weighted by Crippen LogP contribution is -2.31. The normalized spacial score (nSPS) is 13.9. The van der Waals surface area contributed by atoms with Crippen LogP contribution in [0.25, 0.3) is 0 Å². The number of alkyl halides is 3. The summed E-state index contributed by atoms with van der Waals surface area (Å²) in [4.78, 5) is 13.2. The second kappa shape index (κ2) is 5.26. The monoisotopic (exact) mass is 291 g/mol. The van der Waals surface area contributed by atoms with Crippen molar-refractivity contribution in [2.75, 3.05) is 5.32 Å². The van der Waals surface area contributed by atoms with Crippen molar-refractivity contribution in [1.82, 2.24) is 4.98 Å². The molecule has 8 heteroatoms. The predicted octanol–water partition coefficient (Wildman–Crippen LogP) is 3.86. The maximum Gasteiger partial charge on any atom is 0.433 e. The highest BCUT2D eigenvalue weighted by atomic mass is 19.4. The van der Waals surface area contributed by atoms with Gasteiger partial charge in [-0.1, -0.05) is 20.8 Å². The van der Waals surface area contributed by atoms with Gasteiger partial charge < -0.3 is 5.32 Å². The molecule has 1 aromatic heterocycles. The lowest BCUT2D eigenvalue weighted by molar-refractivity contribution is -0.384. The molecular weight excluding hydrogens is 275 g/mol. The van der Waals surface area contributed by atoms with Crippen LogP contribution in [0.3, 0.4) is 0 Å². The first-order valence-corrected chi connectivity index (χ1v) is 5.91. The third kappa shape index (κ3) is 3.82. The van der Waals surface area contributed by atoms with E-state index in [9.17, 15) is 23.3 Å². The summed E-state index contributed by atoms with van der Waals surface area (Å²) in [6.45, 7) is 7.38. The zero-order valence-corrected chi connectivity index (χ0v) is 11.6. The molecule has 5 nitrogen and oxygen atoms in total. The van der Waals surface area contributed by atoms with Gasteiger partial charge in [0.2, 0.25) is 0 Å². The highest BCUT2D eigenvalue weighted by Gasteiger charge is 2.35. The molecule has 0 fully saturated rings. The van der Waals surface area contributed by atoms with Gasteiger partial charge in [0.1, 0.15) is 17.6 Å². The summed E-state index contributed by atoms with van der Waals surface area (Å²) in [5, 5.41) is 13.6. The van der Waals surface area contributed by atoms with Gasteiger partial charge in [-0.2, -0.15) is 13.2 Å². The minimum Gasteiger partial charge on any atom is -0.376 e. The summed E-state index contributed by atoms with van der Waals surface area (Å²) in [5.41, 5.74) is -2.09. The molecule has 1 heterocycles. The molecule has 112 valence electrons. The molecule has 0 aromatic carbocycles. The molecule has 0 radical (unpaired) electrons. The number of hydrogen-bond acceptors (Lipinski definition) is 4. The fraction of sp³-hybridized carbons (Fsp3) is 0.583. The van der Waals surface area contributed by atoms with Gasteiger partial charge >= 0.3 is 11.9 Å². The third-order valence-electron chi connectivity index (χ3n) is 3.04. The lowest BCUT2D eigenvalue weighted by Gasteiger charge is -2.28. The average molecular weight is 291 g/mol. The summed E-state index contributed by atoms with van der Waals surface area (Å²) in [5.74, 6) is 0. The first kappa shape index (κ1) is 16.2. The lowest BCUT2D eigenvalue weighted by atomic mass is 9.88. The van der Waals surface area contributed by atoms with Gasteiger partial charge in [-0.3, -0.25) is 10.1 Å². The molecule has 0 aliphatic heterocycles. The largest absolute Gasteiger partial charge is 0.433 e. The Kier molecular flexibility index (Phi) is 4.26. The van der Waals surface area contributed by atoms with E-state index in [0.29, 0.717) is 12.3 Å². The van der Waals surface area contributed by atoms with E-state index in [2.05, 4.69) is 10.3 Å². The number of rotatable bonds is 3. The second-order valence-electron chi connectivity index (χ2n) is 5.57. The van der Waals surface area contributed by atoms with Gasteiger partial charge in [0.15, 0.2) is 0 Å². The minimum atomic E-state index is -4.64. The molecule has 1 unspecified atom stereocenters. The van der Waals surface area contributed by atoms with Crippen molar-refractivity contribution in [3.8, 4) is 0 Å². The van der Waals surface area contributed by atoms with Crippen molar-refractivity contribution in [2.45, 2.75) is 39.9 Å². The van der Waals surface area contributed by atoms with Crippen LogP contribution in [0, 0.1) is 15.5 Å². The zero-order valence-electron chi connectivity index (χ0n) is 11.6. The summed E-state index contributed by atoms with van der Waals surface area (Å²) in [7, 11) is 0. The van der Waals surface area contributed by atoms with Gasteiger partial charge in [-0.05, 0) is 18.4 Å². The van der Waals surface area contributed by atoms with E-state index in [1.807, 2.05) is 20.8 Å². The number of nitro groups is 1. The molecule has 1 rings (SSSR count). The Morgan fingerprint density at radius 2 is 1.90 bits per heavy atom. The Hall–Kier alpha value is -1.86. The van der Waals surface area contributed by atoms with Crippen LogP contribution in [-0.2, 0) is 6.18 Å². The Balaban J connectivity index is 3.23. The molecule has 0 amide bonds. The second-order valence-corrected chi connectivity index (χ2v) is 5.57. The van der Waals surface area contributed by atoms with Crippen molar-refractivity contribution < 1.29 is 18.1 Å². The van der Waals surface area contributed by atoms with Crippen LogP contribution in [-0.4, -0.2) is 15.9 Å². The SMILES string of the molecule is CC(Nc1cc(C(F)(F)F)ncc1[N+](=O)[O-])C(C)(C)C. The highest BCUT2D eigenvalue weighted by Crippen LogP contribution is 2.34. The third-order valence-corrected chi connectivity index (χ3v) is 3.04. The smallest absolute Gasteiger partial charge is 0.376 e. The zero-order chi connectivity index (χ0) is 15.7. The molecule has 0 saturated heterocycles. The predicted molar refractivity (Wildman–Crippen MR) is 68.4 cm³/mol. The molecule has 20 heavy (non-hydrogen) atoms. The van der Waals surface area contributed by atoms with E-state index in [1.165, 1.54) is 0 Å². The first-order valence-electron chi connectivity index (χ1n) is 5.91. The Bertz CT molecular complexity index is 510. The van der Waals surface area contributed by atoms with E-state index < -0.39 is 22.5 Å². The highest BCUT2D eigenvalue weighted by molar-refractivity contribution is 5.61. The Morgan fingerprint density at radius 3 is 2.30 bits per heavy atom. The maximum atomic E-state index is 12.6. The molecule has 1 N–H and O–H groups in total. The minimum absolute atomic E-state index is 0.181. The molecule has 1 atom stereocenters. The first-order chi connectivity index (χ1) is 8.93. The maximum absolute atomic E-state index is 12.6. The number of hydrogen-bond donors (Lipinski definition) is 1. The van der Waals surface area contributed by atoms with E-state index in [-0.39, 0.29) is 17.1 Å². The summed E-state index contributed by atoms with van der Waals surface area (Å²) < 4.78 is 37.8. The Labute approximate surface area is 114 Å². The van der Waals surface area contributed by atoms with E-state index in [4.69, 9.17) is 0 Å². The standard InChI is InChI=1S/C12H16F3N3O2/c1-7(11(2,3)4)17-8-5-10(12(13,14)15)16-6-9(8)18(19)20/h5-7H,1-4H3,(H,16,17). The summed E-state index contributed by atoms with van der Waals surface area (Å²) >= 11 is 0. The fourth-order valence-corrected chi connectivity index (χ4v) is 1.31. The van der Waals surface area contributed by atoms with Crippen molar-refractivity contribution in [3.05, 3.63) is 28.1 Å². The average Bonchev–Trinajstić information content (AvgIpc) is 2.25. The molecule has 1 aromatic rings. The topological polar surface area (TPSA) is 68.1 Å². The van der Waals surface area contributed by atoms with Crippen LogP contribution in [0.2, 0.25) is 0 Å². The van der Waals surface area contributed by atoms with E-state index in [0.717, 1.165) is 0 Å². The van der Waals surface area contributed by atoms with Crippen LogP contribution in [0.15, 0.2) is 12.3 Å². The number of aromatic nitrogens is 1.